The predicted molar refractivity (Wildman–Crippen MR) is 149 cm³/mol. The number of sulfonamides is 1. The number of carbonyl (C=O) groups is 2. The molecule has 1 aliphatic rings. The standard InChI is InChI=1S/C29H27N5O5S/c1-34(23-11-12-26-21(16-23)13-14-39-26)28(35)25(15-20-7-3-2-4-8-20)32-29(36)33-40(37,38)27-10-6-5-9-24(27)22-17-30-19-31-18-22/h2-12,16-19,25H,13-15H2,1H3,(H2,32,33,36)/t25-/m0/s1. The number of nitrogens with one attached hydrogen (secondary N) is 2. The van der Waals surface area contributed by atoms with E-state index in [0.717, 1.165) is 23.3 Å². The summed E-state index contributed by atoms with van der Waals surface area (Å²) >= 11 is 0. The van der Waals surface area contributed by atoms with Crippen molar-refractivity contribution < 1.29 is 22.7 Å². The van der Waals surface area contributed by atoms with Crippen LogP contribution in [0.3, 0.4) is 0 Å². The molecule has 0 saturated carbocycles. The first-order valence-electron chi connectivity index (χ1n) is 12.6. The maximum absolute atomic E-state index is 13.6. The Morgan fingerprint density at radius 3 is 2.50 bits per heavy atom. The maximum Gasteiger partial charge on any atom is 0.329 e. The number of urea groups is 1. The van der Waals surface area contributed by atoms with Gasteiger partial charge in [0.05, 0.1) is 11.5 Å². The molecule has 0 saturated heterocycles. The third-order valence-electron chi connectivity index (χ3n) is 6.55. The van der Waals surface area contributed by atoms with Gasteiger partial charge in [0.15, 0.2) is 0 Å². The number of hydrogen-bond acceptors (Lipinski definition) is 7. The molecule has 2 heterocycles. The highest BCUT2D eigenvalue weighted by Crippen LogP contribution is 2.30. The largest absolute Gasteiger partial charge is 0.493 e. The van der Waals surface area contributed by atoms with Gasteiger partial charge in [-0.3, -0.25) is 4.79 Å². The zero-order valence-corrected chi connectivity index (χ0v) is 22.5. The molecule has 204 valence electrons. The molecule has 11 heteroatoms. The molecular formula is C29H27N5O5S. The van der Waals surface area contributed by atoms with Gasteiger partial charge in [0, 0.05) is 49.1 Å². The molecule has 40 heavy (non-hydrogen) atoms. The van der Waals surface area contributed by atoms with E-state index in [2.05, 4.69) is 20.0 Å². The van der Waals surface area contributed by atoms with Crippen LogP contribution in [0.5, 0.6) is 5.75 Å². The number of nitrogens with zero attached hydrogens (tertiary/aromatic N) is 3. The van der Waals surface area contributed by atoms with Crippen molar-refractivity contribution in [2.24, 2.45) is 0 Å². The van der Waals surface area contributed by atoms with Gasteiger partial charge in [-0.05, 0) is 35.4 Å². The Balaban J connectivity index is 1.38. The summed E-state index contributed by atoms with van der Waals surface area (Å²) in [6, 6.07) is 18.8. The smallest absolute Gasteiger partial charge is 0.329 e. The van der Waals surface area contributed by atoms with Crippen LogP contribution in [0.4, 0.5) is 10.5 Å². The maximum atomic E-state index is 13.6. The van der Waals surface area contributed by atoms with E-state index in [1.807, 2.05) is 42.5 Å². The average Bonchev–Trinajstić information content (AvgIpc) is 3.45. The predicted octanol–water partition coefficient (Wildman–Crippen LogP) is 3.34. The molecule has 0 aliphatic carbocycles. The molecule has 4 aromatic rings. The third-order valence-corrected chi connectivity index (χ3v) is 7.94. The van der Waals surface area contributed by atoms with Crippen molar-refractivity contribution in [1.82, 2.24) is 20.0 Å². The second-order valence-corrected chi connectivity index (χ2v) is 10.9. The van der Waals surface area contributed by atoms with E-state index in [0.29, 0.717) is 23.4 Å². The van der Waals surface area contributed by atoms with Crippen molar-refractivity contribution in [1.29, 1.82) is 0 Å². The van der Waals surface area contributed by atoms with E-state index in [4.69, 9.17) is 4.74 Å². The molecule has 10 nitrogen and oxygen atoms in total. The van der Waals surface area contributed by atoms with Crippen LogP contribution in [0.25, 0.3) is 11.1 Å². The highest BCUT2D eigenvalue weighted by molar-refractivity contribution is 7.90. The van der Waals surface area contributed by atoms with Gasteiger partial charge in [-0.15, -0.1) is 0 Å². The lowest BCUT2D eigenvalue weighted by atomic mass is 10.0. The molecule has 1 aromatic heterocycles. The lowest BCUT2D eigenvalue weighted by molar-refractivity contribution is -0.120. The fraction of sp³-hybridized carbons (Fsp3) is 0.172. The van der Waals surface area contributed by atoms with Crippen molar-refractivity contribution in [2.45, 2.75) is 23.8 Å². The Labute approximate surface area is 232 Å². The molecule has 5 rings (SSSR count). The molecule has 0 bridgehead atoms. The number of fused-ring (bicyclic) bond motifs is 1. The second-order valence-electron chi connectivity index (χ2n) is 9.23. The van der Waals surface area contributed by atoms with Crippen LogP contribution < -0.4 is 19.7 Å². The number of carbonyl (C=O) groups excluding carboxylic acids is 2. The van der Waals surface area contributed by atoms with Gasteiger partial charge in [0.25, 0.3) is 10.0 Å². The van der Waals surface area contributed by atoms with Crippen molar-refractivity contribution >= 4 is 27.6 Å². The van der Waals surface area contributed by atoms with E-state index in [1.54, 1.807) is 31.3 Å². The summed E-state index contributed by atoms with van der Waals surface area (Å²) in [5.74, 6) is 0.382. The molecule has 0 spiro atoms. The highest BCUT2D eigenvalue weighted by atomic mass is 32.2. The summed E-state index contributed by atoms with van der Waals surface area (Å²) in [6.45, 7) is 0.587. The van der Waals surface area contributed by atoms with Crippen molar-refractivity contribution in [2.75, 3.05) is 18.6 Å². The minimum Gasteiger partial charge on any atom is -0.493 e. The van der Waals surface area contributed by atoms with E-state index in [-0.39, 0.29) is 11.3 Å². The van der Waals surface area contributed by atoms with Gasteiger partial charge in [-0.1, -0.05) is 48.5 Å². The lowest BCUT2D eigenvalue weighted by Gasteiger charge is -2.25. The highest BCUT2D eigenvalue weighted by Gasteiger charge is 2.29. The van der Waals surface area contributed by atoms with Gasteiger partial charge in [0.2, 0.25) is 5.91 Å². The van der Waals surface area contributed by atoms with Gasteiger partial charge >= 0.3 is 6.03 Å². The zero-order chi connectivity index (χ0) is 28.1. The Morgan fingerprint density at radius 1 is 1.00 bits per heavy atom. The van der Waals surface area contributed by atoms with Crippen molar-refractivity contribution in [3.05, 3.63) is 103 Å². The fourth-order valence-corrected chi connectivity index (χ4v) is 5.68. The third kappa shape index (κ3) is 5.94. The van der Waals surface area contributed by atoms with Gasteiger partial charge in [0.1, 0.15) is 18.1 Å². The quantitative estimate of drug-likeness (QED) is 0.340. The van der Waals surface area contributed by atoms with E-state index in [1.165, 1.54) is 29.7 Å². The van der Waals surface area contributed by atoms with Gasteiger partial charge in [-0.2, -0.15) is 0 Å². The number of likely N-dealkylation sites (N-methyl/N-ethyl adjacent to an activating group) is 1. The van der Waals surface area contributed by atoms with Gasteiger partial charge in [-0.25, -0.2) is 27.9 Å². The van der Waals surface area contributed by atoms with Crippen LogP contribution in [-0.2, 0) is 27.7 Å². The lowest BCUT2D eigenvalue weighted by Crippen LogP contribution is -2.52. The number of hydrogen-bond donors (Lipinski definition) is 2. The van der Waals surface area contributed by atoms with Crippen molar-refractivity contribution in [3.8, 4) is 16.9 Å². The number of amides is 3. The Hall–Kier alpha value is -4.77. The topological polar surface area (TPSA) is 131 Å². The summed E-state index contributed by atoms with van der Waals surface area (Å²) in [5, 5.41) is 2.58. The minimum absolute atomic E-state index is 0.122. The number of aromatic nitrogens is 2. The van der Waals surface area contributed by atoms with Crippen LogP contribution in [0.1, 0.15) is 11.1 Å². The summed E-state index contributed by atoms with van der Waals surface area (Å²) in [7, 11) is -2.70. The zero-order valence-electron chi connectivity index (χ0n) is 21.7. The number of ether oxygens (including phenoxy) is 1. The second kappa shape index (κ2) is 11.5. The molecule has 0 fully saturated rings. The summed E-state index contributed by atoms with van der Waals surface area (Å²) < 4.78 is 34.2. The molecule has 0 radical (unpaired) electrons. The molecule has 3 amide bonds. The molecule has 1 aliphatic heterocycles. The molecule has 2 N–H and O–H groups in total. The summed E-state index contributed by atoms with van der Waals surface area (Å²) in [4.78, 5) is 36.0. The summed E-state index contributed by atoms with van der Waals surface area (Å²) in [6.07, 6.45) is 5.20. The van der Waals surface area contributed by atoms with E-state index >= 15 is 0 Å². The first kappa shape index (κ1) is 26.8. The van der Waals surface area contributed by atoms with Crippen LogP contribution in [0, 0.1) is 0 Å². The van der Waals surface area contributed by atoms with Crippen LogP contribution >= 0.6 is 0 Å². The number of benzene rings is 3. The monoisotopic (exact) mass is 557 g/mol. The van der Waals surface area contributed by atoms with Crippen molar-refractivity contribution in [3.63, 3.8) is 0 Å². The molecule has 3 aromatic carbocycles. The summed E-state index contributed by atoms with van der Waals surface area (Å²) in [5.41, 5.74) is 3.24. The SMILES string of the molecule is CN(C(=O)[C@H](Cc1ccccc1)NC(=O)NS(=O)(=O)c1ccccc1-c1cncnc1)c1ccc2c(c1)CCO2. The van der Waals surface area contributed by atoms with Crippen LogP contribution in [-0.4, -0.2) is 50.0 Å². The average molecular weight is 558 g/mol. The first-order valence-corrected chi connectivity index (χ1v) is 14.0. The van der Waals surface area contributed by atoms with Crippen LogP contribution in [0.2, 0.25) is 0 Å². The molecule has 1 atom stereocenters. The normalized spacial score (nSPS) is 13.0. The Bertz CT molecular complexity index is 1630. The fourth-order valence-electron chi connectivity index (χ4n) is 4.53. The minimum atomic E-state index is -4.32. The number of anilines is 1. The Morgan fingerprint density at radius 2 is 1.73 bits per heavy atom. The van der Waals surface area contributed by atoms with E-state index in [9.17, 15) is 18.0 Å². The molecular weight excluding hydrogens is 530 g/mol. The number of rotatable bonds is 8. The molecule has 0 unspecified atom stereocenters. The van der Waals surface area contributed by atoms with E-state index < -0.39 is 28.0 Å². The van der Waals surface area contributed by atoms with Crippen LogP contribution in [0.15, 0.2) is 96.4 Å². The Kier molecular flexibility index (Phi) is 7.74. The first-order chi connectivity index (χ1) is 19.3. The van der Waals surface area contributed by atoms with Gasteiger partial charge < -0.3 is 15.0 Å².